The number of para-hydroxylation sites is 1. The Balaban J connectivity index is 2.17. The molecule has 0 aliphatic heterocycles. The molecule has 0 aliphatic rings. The van der Waals surface area contributed by atoms with E-state index in [-0.39, 0.29) is 0 Å². The van der Waals surface area contributed by atoms with Crippen LogP contribution < -0.4 is 5.32 Å². The third kappa shape index (κ3) is 2.42. The third-order valence-corrected chi connectivity index (χ3v) is 2.46. The molecule has 1 aromatic heterocycles. The van der Waals surface area contributed by atoms with E-state index in [1.165, 1.54) is 0 Å². The van der Waals surface area contributed by atoms with Crippen molar-refractivity contribution in [2.45, 2.75) is 13.5 Å². The standard InChI is InChI=1S/C12H13N5/c1-9-4-3-5-10(6-13)12(9)14-7-11-15-8-17(2)16-11/h3-5,8,14H,7H2,1-2H3. The zero-order valence-electron chi connectivity index (χ0n) is 9.81. The van der Waals surface area contributed by atoms with Crippen LogP contribution in [0.25, 0.3) is 0 Å². The summed E-state index contributed by atoms with van der Waals surface area (Å²) in [4.78, 5) is 4.12. The number of rotatable bonds is 3. The van der Waals surface area contributed by atoms with Gasteiger partial charge < -0.3 is 5.32 Å². The summed E-state index contributed by atoms with van der Waals surface area (Å²) in [5, 5.41) is 16.4. The van der Waals surface area contributed by atoms with Crippen molar-refractivity contribution in [1.29, 1.82) is 5.26 Å². The quantitative estimate of drug-likeness (QED) is 0.865. The molecule has 0 spiro atoms. The molecular formula is C12H13N5. The fourth-order valence-electron chi connectivity index (χ4n) is 1.63. The minimum Gasteiger partial charge on any atom is -0.376 e. The van der Waals surface area contributed by atoms with Crippen LogP contribution in [0, 0.1) is 18.3 Å². The van der Waals surface area contributed by atoms with Gasteiger partial charge in [0.2, 0.25) is 0 Å². The molecule has 1 N–H and O–H groups in total. The van der Waals surface area contributed by atoms with E-state index in [0.717, 1.165) is 11.3 Å². The number of hydrogen-bond donors (Lipinski definition) is 1. The Labute approximate surface area is 99.7 Å². The third-order valence-electron chi connectivity index (χ3n) is 2.46. The van der Waals surface area contributed by atoms with Gasteiger partial charge in [0.1, 0.15) is 12.4 Å². The van der Waals surface area contributed by atoms with Crippen LogP contribution in [0.5, 0.6) is 0 Å². The van der Waals surface area contributed by atoms with E-state index in [2.05, 4.69) is 21.5 Å². The van der Waals surface area contributed by atoms with Crippen molar-refractivity contribution in [3.63, 3.8) is 0 Å². The highest BCUT2D eigenvalue weighted by Gasteiger charge is 2.05. The number of aromatic nitrogens is 3. The Hall–Kier alpha value is -2.35. The average molecular weight is 227 g/mol. The summed E-state index contributed by atoms with van der Waals surface area (Å²) >= 11 is 0. The fourth-order valence-corrected chi connectivity index (χ4v) is 1.63. The van der Waals surface area contributed by atoms with Gasteiger partial charge in [0.25, 0.3) is 0 Å². The van der Waals surface area contributed by atoms with Crippen LogP contribution in [0.3, 0.4) is 0 Å². The lowest BCUT2D eigenvalue weighted by molar-refractivity contribution is 0.747. The summed E-state index contributed by atoms with van der Waals surface area (Å²) in [6.07, 6.45) is 1.65. The van der Waals surface area contributed by atoms with Crippen LogP contribution in [0.4, 0.5) is 5.69 Å². The second-order valence-corrected chi connectivity index (χ2v) is 3.80. The summed E-state index contributed by atoms with van der Waals surface area (Å²) in [6.45, 7) is 2.48. The first-order chi connectivity index (χ1) is 8.20. The Morgan fingerprint density at radius 2 is 2.29 bits per heavy atom. The van der Waals surface area contributed by atoms with E-state index in [4.69, 9.17) is 5.26 Å². The predicted octanol–water partition coefficient (Wildman–Crippen LogP) is 1.61. The minimum absolute atomic E-state index is 0.514. The molecular weight excluding hydrogens is 214 g/mol. The van der Waals surface area contributed by atoms with E-state index in [0.29, 0.717) is 17.9 Å². The molecule has 1 heterocycles. The van der Waals surface area contributed by atoms with Gasteiger partial charge in [-0.3, -0.25) is 4.68 Å². The monoisotopic (exact) mass is 227 g/mol. The second-order valence-electron chi connectivity index (χ2n) is 3.80. The van der Waals surface area contributed by atoms with E-state index in [9.17, 15) is 0 Å². The van der Waals surface area contributed by atoms with Gasteiger partial charge in [-0.15, -0.1) is 0 Å². The Morgan fingerprint density at radius 1 is 1.47 bits per heavy atom. The zero-order valence-corrected chi connectivity index (χ0v) is 9.81. The van der Waals surface area contributed by atoms with Crippen LogP contribution in [0.2, 0.25) is 0 Å². The molecule has 0 fully saturated rings. The molecule has 0 radical (unpaired) electrons. The number of nitrogens with one attached hydrogen (secondary N) is 1. The summed E-state index contributed by atoms with van der Waals surface area (Å²) in [6, 6.07) is 7.80. The SMILES string of the molecule is Cc1cccc(C#N)c1NCc1ncn(C)n1. The summed E-state index contributed by atoms with van der Waals surface area (Å²) < 4.78 is 1.65. The van der Waals surface area contributed by atoms with Crippen molar-refractivity contribution in [3.05, 3.63) is 41.5 Å². The average Bonchev–Trinajstić information content (AvgIpc) is 2.73. The van der Waals surface area contributed by atoms with Crippen LogP contribution in [0.1, 0.15) is 17.0 Å². The Bertz CT molecular complexity index is 565. The van der Waals surface area contributed by atoms with Gasteiger partial charge in [-0.25, -0.2) is 4.98 Å². The van der Waals surface area contributed by atoms with Crippen molar-refractivity contribution in [1.82, 2.24) is 14.8 Å². The molecule has 0 aliphatic carbocycles. The topological polar surface area (TPSA) is 66.5 Å². The zero-order chi connectivity index (χ0) is 12.3. The lowest BCUT2D eigenvalue weighted by Gasteiger charge is -2.09. The van der Waals surface area contributed by atoms with Gasteiger partial charge in [-0.05, 0) is 18.6 Å². The van der Waals surface area contributed by atoms with E-state index < -0.39 is 0 Å². The number of aryl methyl sites for hydroxylation is 2. The normalized spacial score (nSPS) is 9.94. The van der Waals surface area contributed by atoms with Gasteiger partial charge >= 0.3 is 0 Å². The Kier molecular flexibility index (Phi) is 3.06. The number of hydrogen-bond acceptors (Lipinski definition) is 4. The largest absolute Gasteiger partial charge is 0.376 e. The first kappa shape index (κ1) is 11.1. The van der Waals surface area contributed by atoms with Gasteiger partial charge in [0.05, 0.1) is 17.8 Å². The molecule has 0 saturated carbocycles. The summed E-state index contributed by atoms with van der Waals surface area (Å²) in [5.41, 5.74) is 2.53. The molecule has 0 amide bonds. The molecule has 0 saturated heterocycles. The van der Waals surface area contributed by atoms with Crippen molar-refractivity contribution >= 4 is 5.69 Å². The molecule has 5 heteroatoms. The molecule has 17 heavy (non-hydrogen) atoms. The summed E-state index contributed by atoms with van der Waals surface area (Å²) in [5.74, 6) is 0.708. The molecule has 86 valence electrons. The number of nitrogens with zero attached hydrogens (tertiary/aromatic N) is 4. The smallest absolute Gasteiger partial charge is 0.169 e. The first-order valence-electron chi connectivity index (χ1n) is 5.29. The molecule has 5 nitrogen and oxygen atoms in total. The second kappa shape index (κ2) is 4.66. The lowest BCUT2D eigenvalue weighted by Crippen LogP contribution is -2.05. The van der Waals surface area contributed by atoms with E-state index >= 15 is 0 Å². The van der Waals surface area contributed by atoms with Crippen molar-refractivity contribution in [2.24, 2.45) is 7.05 Å². The maximum atomic E-state index is 9.02. The highest BCUT2D eigenvalue weighted by molar-refractivity contribution is 5.62. The van der Waals surface area contributed by atoms with Gasteiger partial charge in [0.15, 0.2) is 5.82 Å². The van der Waals surface area contributed by atoms with Gasteiger partial charge in [-0.2, -0.15) is 10.4 Å². The van der Waals surface area contributed by atoms with Crippen LogP contribution >= 0.6 is 0 Å². The molecule has 2 aromatic rings. The molecule has 1 aromatic carbocycles. The summed E-state index contributed by atoms with van der Waals surface area (Å²) in [7, 11) is 1.82. The van der Waals surface area contributed by atoms with Gasteiger partial charge in [-0.1, -0.05) is 12.1 Å². The van der Waals surface area contributed by atoms with Crippen LogP contribution in [-0.4, -0.2) is 14.8 Å². The van der Waals surface area contributed by atoms with Crippen molar-refractivity contribution < 1.29 is 0 Å². The maximum Gasteiger partial charge on any atom is 0.169 e. The minimum atomic E-state index is 0.514. The van der Waals surface area contributed by atoms with E-state index in [1.807, 2.05) is 26.1 Å². The fraction of sp³-hybridized carbons (Fsp3) is 0.250. The van der Waals surface area contributed by atoms with Crippen molar-refractivity contribution in [2.75, 3.05) is 5.32 Å². The van der Waals surface area contributed by atoms with Crippen LogP contribution in [-0.2, 0) is 13.6 Å². The molecule has 2 rings (SSSR count). The van der Waals surface area contributed by atoms with Crippen molar-refractivity contribution in [3.8, 4) is 6.07 Å². The predicted molar refractivity (Wildman–Crippen MR) is 64.2 cm³/mol. The Morgan fingerprint density at radius 3 is 2.94 bits per heavy atom. The van der Waals surface area contributed by atoms with E-state index in [1.54, 1.807) is 17.1 Å². The highest BCUT2D eigenvalue weighted by Crippen LogP contribution is 2.19. The maximum absolute atomic E-state index is 9.02. The first-order valence-corrected chi connectivity index (χ1v) is 5.29. The van der Waals surface area contributed by atoms with Gasteiger partial charge in [0, 0.05) is 7.05 Å². The molecule has 0 atom stereocenters. The van der Waals surface area contributed by atoms with Crippen LogP contribution in [0.15, 0.2) is 24.5 Å². The molecule has 0 unspecified atom stereocenters. The lowest BCUT2D eigenvalue weighted by atomic mass is 10.1. The number of nitriles is 1. The molecule has 0 bridgehead atoms. The number of benzene rings is 1. The highest BCUT2D eigenvalue weighted by atomic mass is 15.3. The number of anilines is 1.